The second-order valence-electron chi connectivity index (χ2n) is 4.64. The molecule has 1 aliphatic rings. The quantitative estimate of drug-likeness (QED) is 0.865. The lowest BCUT2D eigenvalue weighted by Crippen LogP contribution is -2.39. The number of aromatic carboxylic acids is 1. The van der Waals surface area contributed by atoms with Crippen molar-refractivity contribution < 1.29 is 28.2 Å². The Hall–Kier alpha value is -1.73. The Labute approximate surface area is 114 Å². The number of benzene rings is 1. The number of nitrogens with one attached hydrogen (secondary N) is 1. The largest absolute Gasteiger partial charge is 0.478 e. The van der Waals surface area contributed by atoms with Crippen molar-refractivity contribution in [1.29, 1.82) is 0 Å². The van der Waals surface area contributed by atoms with E-state index < -0.39 is 28.8 Å². The molecule has 1 unspecified atom stereocenters. The van der Waals surface area contributed by atoms with Crippen molar-refractivity contribution in [3.05, 3.63) is 29.3 Å². The highest BCUT2D eigenvalue weighted by Gasteiger charge is 2.35. The van der Waals surface area contributed by atoms with Crippen LogP contribution in [-0.2, 0) is 9.47 Å². The third kappa shape index (κ3) is 2.73. The van der Waals surface area contributed by atoms with Crippen LogP contribution in [-0.4, -0.2) is 43.5 Å². The average Bonchev–Trinajstić information content (AvgIpc) is 2.89. The average molecular weight is 287 g/mol. The van der Waals surface area contributed by atoms with E-state index in [2.05, 4.69) is 5.32 Å². The number of rotatable bonds is 5. The molecule has 0 saturated carbocycles. The number of methoxy groups -OCH3 is 1. The fraction of sp³-hybridized carbons (Fsp3) is 0.462. The highest BCUT2D eigenvalue weighted by Crippen LogP contribution is 2.25. The summed E-state index contributed by atoms with van der Waals surface area (Å²) in [6.07, 6.45) is 0.647. The minimum absolute atomic E-state index is 0.101. The molecule has 1 aromatic rings. The summed E-state index contributed by atoms with van der Waals surface area (Å²) in [6.45, 7) is 1.16. The van der Waals surface area contributed by atoms with Gasteiger partial charge < -0.3 is 19.9 Å². The summed E-state index contributed by atoms with van der Waals surface area (Å²) >= 11 is 0. The molecule has 1 saturated heterocycles. The Morgan fingerprint density at radius 3 is 2.80 bits per heavy atom. The van der Waals surface area contributed by atoms with Crippen LogP contribution in [0.2, 0.25) is 0 Å². The number of carboxylic acids is 1. The van der Waals surface area contributed by atoms with Gasteiger partial charge in [-0.3, -0.25) is 0 Å². The molecular weight excluding hydrogens is 272 g/mol. The van der Waals surface area contributed by atoms with E-state index in [9.17, 15) is 13.6 Å². The first-order valence-corrected chi connectivity index (χ1v) is 6.07. The van der Waals surface area contributed by atoms with E-state index in [0.29, 0.717) is 19.6 Å². The van der Waals surface area contributed by atoms with E-state index in [0.717, 1.165) is 6.07 Å². The van der Waals surface area contributed by atoms with Gasteiger partial charge in [0, 0.05) is 26.7 Å². The molecule has 2 rings (SSSR count). The Morgan fingerprint density at radius 2 is 2.25 bits per heavy atom. The molecule has 0 aromatic heterocycles. The molecule has 7 heteroatoms. The number of ether oxygens (including phenoxy) is 2. The number of anilines is 1. The minimum Gasteiger partial charge on any atom is -0.478 e. The second-order valence-corrected chi connectivity index (χ2v) is 4.64. The highest BCUT2D eigenvalue weighted by molar-refractivity contribution is 5.88. The Kier molecular flexibility index (Phi) is 4.20. The van der Waals surface area contributed by atoms with Gasteiger partial charge in [0.1, 0.15) is 5.60 Å². The first kappa shape index (κ1) is 14.7. The number of hydrogen-bond donors (Lipinski definition) is 2. The Balaban J connectivity index is 2.14. The van der Waals surface area contributed by atoms with Crippen LogP contribution in [0.4, 0.5) is 14.5 Å². The topological polar surface area (TPSA) is 67.8 Å². The van der Waals surface area contributed by atoms with Gasteiger partial charge in [-0.05, 0) is 12.1 Å². The van der Waals surface area contributed by atoms with E-state index in [-0.39, 0.29) is 12.2 Å². The van der Waals surface area contributed by atoms with Gasteiger partial charge in [-0.15, -0.1) is 0 Å². The van der Waals surface area contributed by atoms with Crippen LogP contribution in [0.1, 0.15) is 16.8 Å². The maximum atomic E-state index is 13.8. The van der Waals surface area contributed by atoms with Crippen LogP contribution in [0.3, 0.4) is 0 Å². The second kappa shape index (κ2) is 5.72. The van der Waals surface area contributed by atoms with E-state index >= 15 is 0 Å². The molecule has 2 N–H and O–H groups in total. The fourth-order valence-electron chi connectivity index (χ4n) is 2.07. The maximum Gasteiger partial charge on any atom is 0.338 e. The van der Waals surface area contributed by atoms with Crippen molar-refractivity contribution in [1.82, 2.24) is 0 Å². The van der Waals surface area contributed by atoms with Gasteiger partial charge in [-0.2, -0.15) is 0 Å². The van der Waals surface area contributed by atoms with Crippen molar-refractivity contribution in [3.63, 3.8) is 0 Å². The van der Waals surface area contributed by atoms with E-state index in [1.807, 2.05) is 0 Å². The van der Waals surface area contributed by atoms with E-state index in [1.54, 1.807) is 0 Å². The van der Waals surface area contributed by atoms with Crippen LogP contribution in [0.25, 0.3) is 0 Å². The predicted octanol–water partition coefficient (Wildman–Crippen LogP) is 1.88. The summed E-state index contributed by atoms with van der Waals surface area (Å²) in [6, 6.07) is 2.22. The highest BCUT2D eigenvalue weighted by atomic mass is 19.2. The maximum absolute atomic E-state index is 13.8. The van der Waals surface area contributed by atoms with Crippen LogP contribution in [0.15, 0.2) is 12.1 Å². The molecule has 0 bridgehead atoms. The van der Waals surface area contributed by atoms with Crippen molar-refractivity contribution in [3.8, 4) is 0 Å². The zero-order chi connectivity index (χ0) is 14.8. The lowest BCUT2D eigenvalue weighted by Gasteiger charge is -2.26. The molecule has 0 aliphatic carbocycles. The van der Waals surface area contributed by atoms with Crippen molar-refractivity contribution in [2.24, 2.45) is 0 Å². The molecule has 0 spiro atoms. The van der Waals surface area contributed by atoms with Crippen LogP contribution in [0, 0.1) is 11.6 Å². The third-order valence-corrected chi connectivity index (χ3v) is 3.41. The normalized spacial score (nSPS) is 21.9. The van der Waals surface area contributed by atoms with E-state index in [4.69, 9.17) is 14.6 Å². The van der Waals surface area contributed by atoms with Gasteiger partial charge >= 0.3 is 5.97 Å². The molecule has 1 heterocycles. The molecule has 1 fully saturated rings. The number of carboxylic acid groups (broad SMARTS) is 1. The molecule has 0 radical (unpaired) electrons. The van der Waals surface area contributed by atoms with Crippen molar-refractivity contribution in [2.75, 3.05) is 32.2 Å². The molecule has 0 amide bonds. The number of halogens is 2. The number of hydrogen-bond acceptors (Lipinski definition) is 4. The first-order valence-electron chi connectivity index (χ1n) is 6.07. The minimum atomic E-state index is -1.51. The molecular formula is C13H15F2NO4. The Morgan fingerprint density at radius 1 is 1.50 bits per heavy atom. The summed E-state index contributed by atoms with van der Waals surface area (Å²) in [5.41, 5.74) is -1.37. The van der Waals surface area contributed by atoms with Crippen LogP contribution >= 0.6 is 0 Å². The summed E-state index contributed by atoms with van der Waals surface area (Å²) in [5, 5.41) is 11.4. The summed E-state index contributed by atoms with van der Waals surface area (Å²) < 4.78 is 37.9. The van der Waals surface area contributed by atoms with Crippen molar-refractivity contribution in [2.45, 2.75) is 12.0 Å². The number of carbonyl (C=O) groups is 1. The van der Waals surface area contributed by atoms with Gasteiger partial charge in [-0.1, -0.05) is 0 Å². The van der Waals surface area contributed by atoms with Crippen LogP contribution < -0.4 is 5.32 Å². The lowest BCUT2D eigenvalue weighted by molar-refractivity contribution is -0.00624. The van der Waals surface area contributed by atoms with Gasteiger partial charge in [0.15, 0.2) is 11.6 Å². The molecule has 20 heavy (non-hydrogen) atoms. The fourth-order valence-corrected chi connectivity index (χ4v) is 2.07. The summed E-state index contributed by atoms with van der Waals surface area (Å²) in [7, 11) is 1.53. The first-order chi connectivity index (χ1) is 9.49. The Bertz CT molecular complexity index is 515. The van der Waals surface area contributed by atoms with Gasteiger partial charge in [0.05, 0.1) is 17.9 Å². The molecule has 1 aromatic carbocycles. The zero-order valence-electron chi connectivity index (χ0n) is 10.9. The van der Waals surface area contributed by atoms with Gasteiger partial charge in [0.2, 0.25) is 0 Å². The smallest absolute Gasteiger partial charge is 0.338 e. The van der Waals surface area contributed by atoms with Crippen LogP contribution in [0.5, 0.6) is 0 Å². The zero-order valence-corrected chi connectivity index (χ0v) is 10.9. The summed E-state index contributed by atoms with van der Waals surface area (Å²) in [4.78, 5) is 10.7. The van der Waals surface area contributed by atoms with Gasteiger partial charge in [-0.25, -0.2) is 13.6 Å². The molecule has 110 valence electrons. The summed E-state index contributed by atoms with van der Waals surface area (Å²) in [5.74, 6) is -4.10. The SMILES string of the molecule is COC1(CNc2ccc(C(=O)O)c(F)c2F)CCOC1. The molecule has 1 atom stereocenters. The molecule has 5 nitrogen and oxygen atoms in total. The van der Waals surface area contributed by atoms with E-state index in [1.165, 1.54) is 13.2 Å². The van der Waals surface area contributed by atoms with Gasteiger partial charge in [0.25, 0.3) is 0 Å². The van der Waals surface area contributed by atoms with Crippen molar-refractivity contribution >= 4 is 11.7 Å². The molecule has 1 aliphatic heterocycles. The third-order valence-electron chi connectivity index (χ3n) is 3.41. The predicted molar refractivity (Wildman–Crippen MR) is 67.0 cm³/mol. The lowest BCUT2D eigenvalue weighted by atomic mass is 10.0. The standard InChI is InChI=1S/C13H15F2NO4/c1-19-13(4-5-20-7-13)6-16-9-3-2-8(12(17)18)10(14)11(9)15/h2-3,16H,4-7H2,1H3,(H,17,18). The monoisotopic (exact) mass is 287 g/mol.